The van der Waals surface area contributed by atoms with Gasteiger partial charge in [0.15, 0.2) is 5.13 Å². The normalized spacial score (nSPS) is 14.9. The standard InChI is InChI=1S/C9H11BrN2OS/c10-5-8(13)12-9-11-6-3-1-2-4-7(6)14-9/h1-5H2,(H,11,12,13). The summed E-state index contributed by atoms with van der Waals surface area (Å²) in [5.41, 5.74) is 1.19. The third-order valence-electron chi connectivity index (χ3n) is 2.21. The van der Waals surface area contributed by atoms with Crippen LogP contribution in [0.4, 0.5) is 5.13 Å². The molecule has 1 aliphatic carbocycles. The second kappa shape index (κ2) is 4.40. The lowest BCUT2D eigenvalue weighted by Gasteiger charge is -2.06. The molecule has 0 saturated heterocycles. The van der Waals surface area contributed by atoms with Gasteiger partial charge in [0.1, 0.15) is 0 Å². The monoisotopic (exact) mass is 274 g/mol. The molecule has 1 heterocycles. The number of hydrogen-bond acceptors (Lipinski definition) is 3. The van der Waals surface area contributed by atoms with Gasteiger partial charge in [0, 0.05) is 4.88 Å². The number of halogens is 1. The van der Waals surface area contributed by atoms with Crippen LogP contribution in [-0.2, 0) is 17.6 Å². The highest BCUT2D eigenvalue weighted by molar-refractivity contribution is 9.09. The molecule has 76 valence electrons. The van der Waals surface area contributed by atoms with Crippen molar-refractivity contribution >= 4 is 38.3 Å². The number of nitrogens with one attached hydrogen (secondary N) is 1. The molecular weight excluding hydrogens is 264 g/mol. The molecule has 1 aromatic rings. The summed E-state index contributed by atoms with van der Waals surface area (Å²) in [6.07, 6.45) is 4.66. The second-order valence-electron chi connectivity index (χ2n) is 3.28. The van der Waals surface area contributed by atoms with E-state index < -0.39 is 0 Å². The first-order valence-electron chi connectivity index (χ1n) is 4.64. The summed E-state index contributed by atoms with van der Waals surface area (Å²) < 4.78 is 0. The fourth-order valence-electron chi connectivity index (χ4n) is 1.56. The predicted molar refractivity (Wildman–Crippen MR) is 61.2 cm³/mol. The Labute approximate surface area is 95.1 Å². The summed E-state index contributed by atoms with van der Waals surface area (Å²) in [4.78, 5) is 16.9. The summed E-state index contributed by atoms with van der Waals surface area (Å²) >= 11 is 4.72. The van der Waals surface area contributed by atoms with E-state index in [0.717, 1.165) is 18.0 Å². The van der Waals surface area contributed by atoms with Gasteiger partial charge in [-0.3, -0.25) is 4.79 Å². The van der Waals surface area contributed by atoms with Gasteiger partial charge < -0.3 is 5.32 Å². The number of alkyl halides is 1. The zero-order chi connectivity index (χ0) is 9.97. The summed E-state index contributed by atoms with van der Waals surface area (Å²) in [7, 11) is 0. The lowest BCUT2D eigenvalue weighted by atomic mass is 10.0. The molecule has 2 rings (SSSR count). The molecule has 1 amide bonds. The Kier molecular flexibility index (Phi) is 3.18. The quantitative estimate of drug-likeness (QED) is 0.842. The fourth-order valence-corrected chi connectivity index (χ4v) is 2.76. The highest BCUT2D eigenvalue weighted by Gasteiger charge is 2.15. The first-order valence-corrected chi connectivity index (χ1v) is 6.58. The van der Waals surface area contributed by atoms with Crippen molar-refractivity contribution in [2.75, 3.05) is 10.6 Å². The number of nitrogens with zero attached hydrogens (tertiary/aromatic N) is 1. The van der Waals surface area contributed by atoms with Gasteiger partial charge in [0.2, 0.25) is 5.91 Å². The summed E-state index contributed by atoms with van der Waals surface area (Å²) in [6.45, 7) is 0. The molecule has 0 spiro atoms. The highest BCUT2D eigenvalue weighted by atomic mass is 79.9. The van der Waals surface area contributed by atoms with E-state index >= 15 is 0 Å². The van der Waals surface area contributed by atoms with Gasteiger partial charge in [0.05, 0.1) is 11.0 Å². The van der Waals surface area contributed by atoms with Crippen molar-refractivity contribution in [3.05, 3.63) is 10.6 Å². The number of rotatable bonds is 2. The first kappa shape index (κ1) is 10.1. The maximum atomic E-state index is 11.1. The van der Waals surface area contributed by atoms with Gasteiger partial charge in [-0.15, -0.1) is 11.3 Å². The Morgan fingerprint density at radius 1 is 1.50 bits per heavy atom. The number of hydrogen-bond donors (Lipinski definition) is 1. The number of anilines is 1. The molecule has 0 saturated carbocycles. The first-order chi connectivity index (χ1) is 6.79. The number of fused-ring (bicyclic) bond motifs is 1. The highest BCUT2D eigenvalue weighted by Crippen LogP contribution is 2.29. The van der Waals surface area contributed by atoms with Crippen molar-refractivity contribution in [2.45, 2.75) is 25.7 Å². The minimum atomic E-state index is -0.0314. The van der Waals surface area contributed by atoms with Crippen molar-refractivity contribution in [1.29, 1.82) is 0 Å². The Bertz CT molecular complexity index is 327. The van der Waals surface area contributed by atoms with Crippen molar-refractivity contribution in [3.8, 4) is 0 Å². The van der Waals surface area contributed by atoms with E-state index in [1.54, 1.807) is 11.3 Å². The molecule has 0 radical (unpaired) electrons. The van der Waals surface area contributed by atoms with Crippen LogP contribution in [0.2, 0.25) is 0 Å². The van der Waals surface area contributed by atoms with Crippen LogP contribution < -0.4 is 5.32 Å². The number of carbonyl (C=O) groups excluding carboxylic acids is 1. The largest absolute Gasteiger partial charge is 0.301 e. The van der Waals surface area contributed by atoms with E-state index in [-0.39, 0.29) is 5.91 Å². The van der Waals surface area contributed by atoms with Crippen molar-refractivity contribution in [1.82, 2.24) is 4.98 Å². The summed E-state index contributed by atoms with van der Waals surface area (Å²) in [6, 6.07) is 0. The zero-order valence-electron chi connectivity index (χ0n) is 7.68. The summed E-state index contributed by atoms with van der Waals surface area (Å²) in [5.74, 6) is -0.0314. The van der Waals surface area contributed by atoms with Gasteiger partial charge in [-0.25, -0.2) is 4.98 Å². The maximum Gasteiger partial charge on any atom is 0.236 e. The van der Waals surface area contributed by atoms with E-state index in [2.05, 4.69) is 26.2 Å². The predicted octanol–water partition coefficient (Wildman–Crippen LogP) is 2.36. The fraction of sp³-hybridized carbons (Fsp3) is 0.556. The van der Waals surface area contributed by atoms with Crippen LogP contribution in [-0.4, -0.2) is 16.2 Å². The van der Waals surface area contributed by atoms with Crippen LogP contribution in [0.15, 0.2) is 0 Å². The number of amides is 1. The van der Waals surface area contributed by atoms with E-state index in [0.29, 0.717) is 5.33 Å². The molecular formula is C9H11BrN2OS. The molecule has 5 heteroatoms. The van der Waals surface area contributed by atoms with Gasteiger partial charge in [-0.2, -0.15) is 0 Å². The van der Waals surface area contributed by atoms with Crippen molar-refractivity contribution in [2.24, 2.45) is 0 Å². The SMILES string of the molecule is O=C(CBr)Nc1nc2c(s1)CCCC2. The average Bonchev–Trinajstić information content (AvgIpc) is 2.59. The van der Waals surface area contributed by atoms with Crippen LogP contribution >= 0.6 is 27.3 Å². The minimum Gasteiger partial charge on any atom is -0.301 e. The molecule has 3 nitrogen and oxygen atoms in total. The van der Waals surface area contributed by atoms with Crippen LogP contribution in [0.25, 0.3) is 0 Å². The van der Waals surface area contributed by atoms with Crippen LogP contribution in [0.5, 0.6) is 0 Å². The van der Waals surface area contributed by atoms with E-state index in [9.17, 15) is 4.79 Å². The van der Waals surface area contributed by atoms with Gasteiger partial charge in [-0.05, 0) is 25.7 Å². The second-order valence-corrected chi connectivity index (χ2v) is 4.92. The van der Waals surface area contributed by atoms with Crippen molar-refractivity contribution in [3.63, 3.8) is 0 Å². The van der Waals surface area contributed by atoms with E-state index in [1.807, 2.05) is 0 Å². The molecule has 0 bridgehead atoms. The minimum absolute atomic E-state index is 0.0314. The zero-order valence-corrected chi connectivity index (χ0v) is 10.1. The number of aryl methyl sites for hydroxylation is 2. The van der Waals surface area contributed by atoms with Crippen LogP contribution in [0.1, 0.15) is 23.4 Å². The number of carbonyl (C=O) groups is 1. The molecule has 0 atom stereocenters. The van der Waals surface area contributed by atoms with Gasteiger partial charge in [-0.1, -0.05) is 15.9 Å². The molecule has 0 unspecified atom stereocenters. The summed E-state index contributed by atoms with van der Waals surface area (Å²) in [5, 5.41) is 3.85. The number of aromatic nitrogens is 1. The van der Waals surface area contributed by atoms with Gasteiger partial charge in [0.25, 0.3) is 0 Å². The van der Waals surface area contributed by atoms with Gasteiger partial charge >= 0.3 is 0 Å². The molecule has 0 fully saturated rings. The van der Waals surface area contributed by atoms with Crippen LogP contribution in [0.3, 0.4) is 0 Å². The molecule has 0 aromatic carbocycles. The molecule has 1 aliphatic rings. The Hall–Kier alpha value is -0.420. The lowest BCUT2D eigenvalue weighted by Crippen LogP contribution is -2.11. The Balaban J connectivity index is 2.12. The molecule has 1 aromatic heterocycles. The lowest BCUT2D eigenvalue weighted by molar-refractivity contribution is -0.113. The topological polar surface area (TPSA) is 42.0 Å². The average molecular weight is 275 g/mol. The van der Waals surface area contributed by atoms with Crippen molar-refractivity contribution < 1.29 is 4.79 Å². The molecule has 1 N–H and O–H groups in total. The molecule has 14 heavy (non-hydrogen) atoms. The third-order valence-corrected chi connectivity index (χ3v) is 3.80. The third kappa shape index (κ3) is 2.15. The molecule has 0 aliphatic heterocycles. The number of thiazole rings is 1. The van der Waals surface area contributed by atoms with Crippen LogP contribution in [0, 0.1) is 0 Å². The smallest absolute Gasteiger partial charge is 0.236 e. The van der Waals surface area contributed by atoms with E-state index in [4.69, 9.17) is 0 Å². The maximum absolute atomic E-state index is 11.1. The Morgan fingerprint density at radius 3 is 3.00 bits per heavy atom. The van der Waals surface area contributed by atoms with E-state index in [1.165, 1.54) is 23.4 Å². The Morgan fingerprint density at radius 2 is 2.29 bits per heavy atom.